The highest BCUT2D eigenvalue weighted by Gasteiger charge is 2.02. The molecule has 2 N–H and O–H groups in total. The predicted octanol–water partition coefficient (Wildman–Crippen LogP) is 2.89. The lowest BCUT2D eigenvalue weighted by molar-refractivity contribution is 0.319. The summed E-state index contributed by atoms with van der Waals surface area (Å²) in [7, 11) is 3.31. The maximum absolute atomic E-state index is 13.6. The average Bonchev–Trinajstić information content (AvgIpc) is 2.64. The average molecular weight is 345 g/mol. The van der Waals surface area contributed by atoms with Gasteiger partial charge in [-0.05, 0) is 36.2 Å². The Bertz CT molecular complexity index is 720. The van der Waals surface area contributed by atoms with E-state index in [1.807, 2.05) is 30.3 Å². The number of nitrogens with one attached hydrogen (secondary N) is 2. The van der Waals surface area contributed by atoms with Crippen molar-refractivity contribution in [3.8, 4) is 11.5 Å². The summed E-state index contributed by atoms with van der Waals surface area (Å²) in [4.78, 5) is 4.14. The highest BCUT2D eigenvalue weighted by atomic mass is 19.1. The number of nitrogens with zero attached hydrogens (tertiary/aromatic N) is 1. The van der Waals surface area contributed by atoms with Crippen LogP contribution in [0.5, 0.6) is 11.5 Å². The van der Waals surface area contributed by atoms with E-state index in [4.69, 9.17) is 9.47 Å². The molecule has 25 heavy (non-hydrogen) atoms. The minimum atomic E-state index is -0.200. The summed E-state index contributed by atoms with van der Waals surface area (Å²) in [6.45, 7) is 3.30. The Balaban J connectivity index is 1.73. The number of guanidine groups is 1. The van der Waals surface area contributed by atoms with Crippen molar-refractivity contribution in [2.45, 2.75) is 13.5 Å². The number of methoxy groups -OCH3 is 1. The van der Waals surface area contributed by atoms with Gasteiger partial charge in [0, 0.05) is 19.7 Å². The lowest BCUT2D eigenvalue weighted by atomic mass is 10.1. The topological polar surface area (TPSA) is 54.9 Å². The standard InChI is InChI=1S/C19H24FN3O2/c1-14-7-8-15(11-18(14)20)13-23-19(21-2)22-9-10-25-17-6-4-5-16(12-17)24-3/h4-8,11-12H,9-10,13H2,1-3H3,(H2,21,22,23). The van der Waals surface area contributed by atoms with Crippen LogP contribution in [0.1, 0.15) is 11.1 Å². The first-order chi connectivity index (χ1) is 12.1. The van der Waals surface area contributed by atoms with Gasteiger partial charge in [-0.1, -0.05) is 18.2 Å². The van der Waals surface area contributed by atoms with Crippen LogP contribution in [0.4, 0.5) is 4.39 Å². The largest absolute Gasteiger partial charge is 0.497 e. The molecule has 0 spiro atoms. The molecular weight excluding hydrogens is 321 g/mol. The van der Waals surface area contributed by atoms with E-state index in [9.17, 15) is 4.39 Å². The third-order valence-electron chi connectivity index (χ3n) is 3.62. The molecule has 0 unspecified atom stereocenters. The third-order valence-corrected chi connectivity index (χ3v) is 3.62. The Kier molecular flexibility index (Phi) is 7.07. The molecule has 0 aliphatic carbocycles. The summed E-state index contributed by atoms with van der Waals surface area (Å²) in [5, 5.41) is 6.30. The molecule has 6 heteroatoms. The molecule has 0 atom stereocenters. The van der Waals surface area contributed by atoms with E-state index in [0.29, 0.717) is 31.2 Å². The Hall–Kier alpha value is -2.76. The zero-order chi connectivity index (χ0) is 18.1. The van der Waals surface area contributed by atoms with Gasteiger partial charge in [-0.15, -0.1) is 0 Å². The minimum absolute atomic E-state index is 0.200. The maximum atomic E-state index is 13.6. The fourth-order valence-corrected chi connectivity index (χ4v) is 2.18. The summed E-state index contributed by atoms with van der Waals surface area (Å²) in [6.07, 6.45) is 0. The summed E-state index contributed by atoms with van der Waals surface area (Å²) in [6, 6.07) is 12.6. The number of aliphatic imine (C=N–C) groups is 1. The molecule has 0 aromatic heterocycles. The number of hydrogen-bond donors (Lipinski definition) is 2. The van der Waals surface area contributed by atoms with E-state index < -0.39 is 0 Å². The number of halogens is 1. The SMILES string of the molecule is CN=C(NCCOc1cccc(OC)c1)NCc1ccc(C)c(F)c1. The second-order valence-electron chi connectivity index (χ2n) is 5.46. The molecular formula is C19H24FN3O2. The molecule has 0 aliphatic rings. The molecule has 0 saturated heterocycles. The molecule has 0 radical (unpaired) electrons. The van der Waals surface area contributed by atoms with Gasteiger partial charge in [0.1, 0.15) is 23.9 Å². The van der Waals surface area contributed by atoms with Crippen molar-refractivity contribution in [2.24, 2.45) is 4.99 Å². The number of benzene rings is 2. The van der Waals surface area contributed by atoms with Crippen LogP contribution in [-0.4, -0.2) is 33.3 Å². The van der Waals surface area contributed by atoms with Crippen molar-refractivity contribution in [1.29, 1.82) is 0 Å². The maximum Gasteiger partial charge on any atom is 0.191 e. The van der Waals surface area contributed by atoms with E-state index >= 15 is 0 Å². The molecule has 2 aromatic carbocycles. The molecule has 0 saturated carbocycles. The van der Waals surface area contributed by atoms with Gasteiger partial charge in [0.15, 0.2) is 5.96 Å². The van der Waals surface area contributed by atoms with E-state index in [0.717, 1.165) is 17.1 Å². The van der Waals surface area contributed by atoms with Gasteiger partial charge in [-0.25, -0.2) is 4.39 Å². The van der Waals surface area contributed by atoms with E-state index in [1.165, 1.54) is 6.07 Å². The van der Waals surface area contributed by atoms with E-state index in [-0.39, 0.29) is 5.82 Å². The molecule has 0 fully saturated rings. The number of hydrogen-bond acceptors (Lipinski definition) is 3. The van der Waals surface area contributed by atoms with Crippen molar-refractivity contribution >= 4 is 5.96 Å². The molecule has 134 valence electrons. The normalized spacial score (nSPS) is 11.1. The van der Waals surface area contributed by atoms with Gasteiger partial charge >= 0.3 is 0 Å². The molecule has 2 rings (SSSR count). The van der Waals surface area contributed by atoms with Crippen molar-refractivity contribution in [3.05, 3.63) is 59.4 Å². The first-order valence-corrected chi connectivity index (χ1v) is 8.09. The van der Waals surface area contributed by atoms with Crippen LogP contribution in [0.15, 0.2) is 47.5 Å². The van der Waals surface area contributed by atoms with E-state index in [1.54, 1.807) is 27.1 Å². The van der Waals surface area contributed by atoms with Crippen LogP contribution in [0.2, 0.25) is 0 Å². The first kappa shape index (κ1) is 18.6. The van der Waals surface area contributed by atoms with Gasteiger partial charge < -0.3 is 20.1 Å². The van der Waals surface area contributed by atoms with Crippen molar-refractivity contribution in [1.82, 2.24) is 10.6 Å². The zero-order valence-electron chi connectivity index (χ0n) is 14.8. The second-order valence-corrected chi connectivity index (χ2v) is 5.46. The fraction of sp³-hybridized carbons (Fsp3) is 0.316. The molecule has 5 nitrogen and oxygen atoms in total. The smallest absolute Gasteiger partial charge is 0.191 e. The summed E-state index contributed by atoms with van der Waals surface area (Å²) in [5.41, 5.74) is 1.50. The fourth-order valence-electron chi connectivity index (χ4n) is 2.18. The number of aryl methyl sites for hydroxylation is 1. The van der Waals surface area contributed by atoms with Crippen LogP contribution < -0.4 is 20.1 Å². The monoisotopic (exact) mass is 345 g/mol. The van der Waals surface area contributed by atoms with Crippen LogP contribution in [-0.2, 0) is 6.54 Å². The van der Waals surface area contributed by atoms with Crippen LogP contribution in [0.3, 0.4) is 0 Å². The van der Waals surface area contributed by atoms with Crippen molar-refractivity contribution in [2.75, 3.05) is 27.3 Å². The predicted molar refractivity (Wildman–Crippen MR) is 97.8 cm³/mol. The Morgan fingerprint density at radius 3 is 2.64 bits per heavy atom. The number of ether oxygens (including phenoxy) is 2. The summed E-state index contributed by atoms with van der Waals surface area (Å²) in [5.74, 6) is 1.94. The third kappa shape index (κ3) is 5.99. The lowest BCUT2D eigenvalue weighted by Gasteiger charge is -2.13. The molecule has 0 heterocycles. The highest BCUT2D eigenvalue weighted by molar-refractivity contribution is 5.79. The summed E-state index contributed by atoms with van der Waals surface area (Å²) >= 11 is 0. The molecule has 0 aliphatic heterocycles. The molecule has 0 amide bonds. The van der Waals surface area contributed by atoms with Crippen molar-refractivity contribution < 1.29 is 13.9 Å². The highest BCUT2D eigenvalue weighted by Crippen LogP contribution is 2.18. The second kappa shape index (κ2) is 9.52. The quantitative estimate of drug-likeness (QED) is 0.460. The molecule has 2 aromatic rings. The molecule has 0 bridgehead atoms. The first-order valence-electron chi connectivity index (χ1n) is 8.09. The van der Waals surface area contributed by atoms with Gasteiger partial charge in [0.25, 0.3) is 0 Å². The van der Waals surface area contributed by atoms with Gasteiger partial charge in [0.2, 0.25) is 0 Å². The van der Waals surface area contributed by atoms with Crippen LogP contribution in [0, 0.1) is 12.7 Å². The Morgan fingerprint density at radius 2 is 1.92 bits per heavy atom. The minimum Gasteiger partial charge on any atom is -0.497 e. The van der Waals surface area contributed by atoms with Crippen molar-refractivity contribution in [3.63, 3.8) is 0 Å². The summed E-state index contributed by atoms with van der Waals surface area (Å²) < 4.78 is 24.4. The van der Waals surface area contributed by atoms with Gasteiger partial charge in [-0.3, -0.25) is 4.99 Å². The lowest BCUT2D eigenvalue weighted by Crippen LogP contribution is -2.38. The van der Waals surface area contributed by atoms with Gasteiger partial charge in [-0.2, -0.15) is 0 Å². The van der Waals surface area contributed by atoms with Gasteiger partial charge in [0.05, 0.1) is 13.7 Å². The van der Waals surface area contributed by atoms with Crippen LogP contribution in [0.25, 0.3) is 0 Å². The van der Waals surface area contributed by atoms with E-state index in [2.05, 4.69) is 15.6 Å². The zero-order valence-corrected chi connectivity index (χ0v) is 14.8. The van der Waals surface area contributed by atoms with Crippen LogP contribution >= 0.6 is 0 Å². The number of rotatable bonds is 7. The Labute approximate surface area is 147 Å². The Morgan fingerprint density at radius 1 is 1.12 bits per heavy atom.